The van der Waals surface area contributed by atoms with Gasteiger partial charge < -0.3 is 14.1 Å². The van der Waals surface area contributed by atoms with Gasteiger partial charge in [-0.2, -0.15) is 0 Å². The topological polar surface area (TPSA) is 59.8 Å². The molecule has 0 spiro atoms. The summed E-state index contributed by atoms with van der Waals surface area (Å²) in [4.78, 5) is 25.3. The van der Waals surface area contributed by atoms with Crippen LogP contribution in [0.5, 0.6) is 5.75 Å². The first-order chi connectivity index (χ1) is 10.2. The third-order valence-electron chi connectivity index (χ3n) is 3.39. The van der Waals surface area contributed by atoms with E-state index in [0.29, 0.717) is 48.4 Å². The molecule has 0 radical (unpaired) electrons. The molecule has 0 atom stereocenters. The van der Waals surface area contributed by atoms with Crippen molar-refractivity contribution >= 4 is 22.9 Å². The first-order valence-electron chi connectivity index (χ1n) is 7.09. The van der Waals surface area contributed by atoms with E-state index >= 15 is 0 Å². The van der Waals surface area contributed by atoms with Crippen molar-refractivity contribution in [1.82, 2.24) is 0 Å². The second-order valence-electron chi connectivity index (χ2n) is 4.53. The number of hydrogen-bond acceptors (Lipinski definition) is 5. The predicted octanol–water partition coefficient (Wildman–Crippen LogP) is 2.85. The molecule has 0 aliphatic carbocycles. The van der Waals surface area contributed by atoms with Crippen molar-refractivity contribution in [3.63, 3.8) is 0 Å². The third-order valence-corrected chi connectivity index (χ3v) is 3.39. The number of hydrogen-bond donors (Lipinski definition) is 0. The Labute approximate surface area is 123 Å². The van der Waals surface area contributed by atoms with Crippen LogP contribution in [-0.4, -0.2) is 26.0 Å². The van der Waals surface area contributed by atoms with E-state index in [0.717, 1.165) is 0 Å². The smallest absolute Gasteiger partial charge is 0.349 e. The van der Waals surface area contributed by atoms with Crippen molar-refractivity contribution < 1.29 is 13.9 Å². The molecule has 5 nitrogen and oxygen atoms in total. The second kappa shape index (κ2) is 6.43. The van der Waals surface area contributed by atoms with Gasteiger partial charge in [0.15, 0.2) is 6.29 Å². The van der Waals surface area contributed by atoms with Gasteiger partial charge >= 0.3 is 5.63 Å². The van der Waals surface area contributed by atoms with Crippen LogP contribution in [0.1, 0.15) is 31.1 Å². The standard InChI is InChI=1S/C16H19NO4/c1-4-17(5-2)15-12-9-11(20-6-3)7-8-14(12)21-16(19)13(15)10-18/h7-10H,4-6H2,1-3H3. The van der Waals surface area contributed by atoms with Crippen LogP contribution in [0.25, 0.3) is 11.0 Å². The molecular formula is C16H19NO4. The molecule has 0 aliphatic heterocycles. The summed E-state index contributed by atoms with van der Waals surface area (Å²) < 4.78 is 10.7. The van der Waals surface area contributed by atoms with E-state index < -0.39 is 5.63 Å². The summed E-state index contributed by atoms with van der Waals surface area (Å²) >= 11 is 0. The maximum atomic E-state index is 12.0. The maximum absolute atomic E-state index is 12.0. The van der Waals surface area contributed by atoms with Gasteiger partial charge in [-0.1, -0.05) is 0 Å². The Morgan fingerprint density at radius 3 is 2.52 bits per heavy atom. The molecule has 0 fully saturated rings. The minimum absolute atomic E-state index is 0.0554. The largest absolute Gasteiger partial charge is 0.494 e. The highest BCUT2D eigenvalue weighted by atomic mass is 16.5. The predicted molar refractivity (Wildman–Crippen MR) is 82.6 cm³/mol. The van der Waals surface area contributed by atoms with Gasteiger partial charge in [0.05, 0.1) is 12.3 Å². The van der Waals surface area contributed by atoms with Gasteiger partial charge in [0.25, 0.3) is 0 Å². The molecule has 5 heteroatoms. The van der Waals surface area contributed by atoms with Crippen LogP contribution in [0.4, 0.5) is 5.69 Å². The van der Waals surface area contributed by atoms with Gasteiger partial charge in [-0.05, 0) is 39.0 Å². The number of fused-ring (bicyclic) bond motifs is 1. The maximum Gasteiger partial charge on any atom is 0.349 e. The highest BCUT2D eigenvalue weighted by molar-refractivity contribution is 6.00. The van der Waals surface area contributed by atoms with Crippen molar-refractivity contribution in [2.45, 2.75) is 20.8 Å². The van der Waals surface area contributed by atoms with Gasteiger partial charge in [0.1, 0.15) is 16.9 Å². The Hall–Kier alpha value is -2.30. The lowest BCUT2D eigenvalue weighted by atomic mass is 10.1. The lowest BCUT2D eigenvalue weighted by Gasteiger charge is -2.23. The Morgan fingerprint density at radius 2 is 1.95 bits per heavy atom. The van der Waals surface area contributed by atoms with Gasteiger partial charge in [0.2, 0.25) is 0 Å². The van der Waals surface area contributed by atoms with E-state index in [4.69, 9.17) is 9.15 Å². The first kappa shape index (κ1) is 15.1. The van der Waals surface area contributed by atoms with Crippen molar-refractivity contribution in [2.75, 3.05) is 24.6 Å². The van der Waals surface area contributed by atoms with E-state index in [2.05, 4.69) is 0 Å². The molecule has 2 rings (SSSR count). The molecule has 0 N–H and O–H groups in total. The minimum Gasteiger partial charge on any atom is -0.494 e. The van der Waals surface area contributed by atoms with Crippen LogP contribution in [-0.2, 0) is 0 Å². The summed E-state index contributed by atoms with van der Waals surface area (Å²) in [6, 6.07) is 5.26. The summed E-state index contributed by atoms with van der Waals surface area (Å²) in [6.07, 6.45) is 0.562. The molecule has 1 aromatic heterocycles. The van der Waals surface area contributed by atoms with E-state index in [1.807, 2.05) is 31.7 Å². The Balaban J connectivity index is 2.82. The molecular weight excluding hydrogens is 270 g/mol. The van der Waals surface area contributed by atoms with Crippen molar-refractivity contribution in [3.05, 3.63) is 34.2 Å². The fraction of sp³-hybridized carbons (Fsp3) is 0.375. The summed E-state index contributed by atoms with van der Waals surface area (Å²) in [5.41, 5.74) is 0.516. The van der Waals surface area contributed by atoms with Crippen LogP contribution in [0, 0.1) is 0 Å². The summed E-state index contributed by atoms with van der Waals surface area (Å²) in [5.74, 6) is 0.684. The zero-order valence-electron chi connectivity index (χ0n) is 12.5. The number of aldehydes is 1. The molecule has 112 valence electrons. The Morgan fingerprint density at radius 1 is 1.24 bits per heavy atom. The van der Waals surface area contributed by atoms with Crippen molar-refractivity contribution in [3.8, 4) is 5.75 Å². The van der Waals surface area contributed by atoms with Crippen molar-refractivity contribution in [1.29, 1.82) is 0 Å². The highest BCUT2D eigenvalue weighted by Crippen LogP contribution is 2.31. The lowest BCUT2D eigenvalue weighted by Crippen LogP contribution is -2.26. The van der Waals surface area contributed by atoms with E-state index in [1.165, 1.54) is 0 Å². The van der Waals surface area contributed by atoms with Gasteiger partial charge in [-0.15, -0.1) is 0 Å². The summed E-state index contributed by atoms with van der Waals surface area (Å²) in [7, 11) is 0. The molecule has 0 unspecified atom stereocenters. The number of rotatable bonds is 6. The zero-order chi connectivity index (χ0) is 15.4. The first-order valence-corrected chi connectivity index (χ1v) is 7.09. The van der Waals surface area contributed by atoms with Crippen LogP contribution in [0.15, 0.2) is 27.4 Å². The molecule has 21 heavy (non-hydrogen) atoms. The number of carbonyl (C=O) groups excluding carboxylic acids is 1. The third kappa shape index (κ3) is 2.77. The molecule has 0 bridgehead atoms. The molecule has 0 saturated carbocycles. The average molecular weight is 289 g/mol. The highest BCUT2D eigenvalue weighted by Gasteiger charge is 2.18. The number of nitrogens with zero attached hydrogens (tertiary/aromatic N) is 1. The number of ether oxygens (including phenoxy) is 1. The average Bonchev–Trinajstić information content (AvgIpc) is 2.49. The van der Waals surface area contributed by atoms with E-state index in [9.17, 15) is 9.59 Å². The molecule has 0 aliphatic rings. The Kier molecular flexibility index (Phi) is 4.62. The van der Waals surface area contributed by atoms with E-state index in [1.54, 1.807) is 12.1 Å². The molecule has 2 aromatic rings. The lowest BCUT2D eigenvalue weighted by molar-refractivity contribution is 0.112. The fourth-order valence-electron chi connectivity index (χ4n) is 2.42. The normalized spacial score (nSPS) is 10.6. The van der Waals surface area contributed by atoms with E-state index in [-0.39, 0.29) is 5.56 Å². The number of anilines is 1. The van der Waals surface area contributed by atoms with Crippen LogP contribution in [0.3, 0.4) is 0 Å². The van der Waals surface area contributed by atoms with Gasteiger partial charge in [-0.3, -0.25) is 4.79 Å². The van der Waals surface area contributed by atoms with Crippen LogP contribution < -0.4 is 15.3 Å². The SMILES string of the molecule is CCOc1ccc2oc(=O)c(C=O)c(N(CC)CC)c2c1. The molecule has 0 amide bonds. The van der Waals surface area contributed by atoms with Gasteiger partial charge in [-0.25, -0.2) is 4.79 Å². The summed E-state index contributed by atoms with van der Waals surface area (Å²) in [5, 5.41) is 0.714. The summed E-state index contributed by atoms with van der Waals surface area (Å²) in [6.45, 7) is 7.78. The number of carbonyl (C=O) groups is 1. The fourth-order valence-corrected chi connectivity index (χ4v) is 2.42. The van der Waals surface area contributed by atoms with Crippen molar-refractivity contribution in [2.24, 2.45) is 0 Å². The van der Waals surface area contributed by atoms with Gasteiger partial charge in [0, 0.05) is 18.5 Å². The minimum atomic E-state index is -0.608. The Bertz CT molecular complexity index is 701. The van der Waals surface area contributed by atoms with Crippen LogP contribution in [0.2, 0.25) is 0 Å². The van der Waals surface area contributed by atoms with Crippen LogP contribution >= 0.6 is 0 Å². The second-order valence-corrected chi connectivity index (χ2v) is 4.53. The zero-order valence-corrected chi connectivity index (χ0v) is 12.5. The molecule has 1 heterocycles. The number of benzene rings is 1. The quantitative estimate of drug-likeness (QED) is 0.604. The molecule has 1 aromatic carbocycles. The molecule has 0 saturated heterocycles. The monoisotopic (exact) mass is 289 g/mol.